The smallest absolute Gasteiger partial charge is 0.123 e. The quantitative estimate of drug-likeness (QED) is 0.649. The molecule has 0 N–H and O–H groups in total. The molecule has 0 saturated carbocycles. The van der Waals surface area contributed by atoms with Crippen LogP contribution in [0, 0.1) is 24.1 Å². The Morgan fingerprint density at radius 1 is 1.38 bits per heavy atom. The number of rotatable bonds is 1. The molecule has 0 aliphatic heterocycles. The standard InChI is InChI=1S/C9H8FN.C2H6/c1-7-6-9(10)3-2-8(7)4-5-11;1-2/h2-3,6H,4H2,1H3;1-2H3. The molecule has 0 aromatic heterocycles. The van der Waals surface area contributed by atoms with Gasteiger partial charge >= 0.3 is 0 Å². The Morgan fingerprint density at radius 2 is 2.00 bits per heavy atom. The summed E-state index contributed by atoms with van der Waals surface area (Å²) in [6.45, 7) is 5.80. The van der Waals surface area contributed by atoms with Crippen LogP contribution in [0.1, 0.15) is 25.0 Å². The van der Waals surface area contributed by atoms with Gasteiger partial charge in [-0.3, -0.25) is 0 Å². The van der Waals surface area contributed by atoms with E-state index >= 15 is 0 Å². The molecule has 2 heteroatoms. The van der Waals surface area contributed by atoms with Crippen molar-refractivity contribution >= 4 is 0 Å². The van der Waals surface area contributed by atoms with Crippen LogP contribution in [0.5, 0.6) is 0 Å². The molecule has 0 radical (unpaired) electrons. The number of benzene rings is 1. The molecule has 0 amide bonds. The minimum absolute atomic E-state index is 0.246. The van der Waals surface area contributed by atoms with Crippen molar-refractivity contribution in [3.05, 3.63) is 35.1 Å². The Bertz CT molecular complexity index is 299. The van der Waals surface area contributed by atoms with Crippen LogP contribution in [0.2, 0.25) is 0 Å². The van der Waals surface area contributed by atoms with Gasteiger partial charge in [-0.1, -0.05) is 19.9 Å². The summed E-state index contributed by atoms with van der Waals surface area (Å²) in [6.07, 6.45) is 0.353. The van der Waals surface area contributed by atoms with E-state index in [0.29, 0.717) is 6.42 Å². The molecule has 1 aromatic carbocycles. The Labute approximate surface area is 78.8 Å². The van der Waals surface area contributed by atoms with Crippen LogP contribution in [0.4, 0.5) is 4.39 Å². The van der Waals surface area contributed by atoms with Crippen LogP contribution in [0.25, 0.3) is 0 Å². The number of halogens is 1. The molecule has 0 fully saturated rings. The zero-order valence-electron chi connectivity index (χ0n) is 8.26. The van der Waals surface area contributed by atoms with E-state index in [-0.39, 0.29) is 5.82 Å². The predicted octanol–water partition coefficient (Wildman–Crippen LogP) is 3.23. The molecule has 0 unspecified atom stereocenters. The molecule has 13 heavy (non-hydrogen) atoms. The van der Waals surface area contributed by atoms with Gasteiger partial charge in [-0.05, 0) is 30.2 Å². The first-order valence-corrected chi connectivity index (χ1v) is 4.36. The first kappa shape index (κ1) is 11.6. The molecule has 0 saturated heterocycles. The summed E-state index contributed by atoms with van der Waals surface area (Å²) in [7, 11) is 0. The van der Waals surface area contributed by atoms with E-state index in [2.05, 4.69) is 0 Å². The van der Waals surface area contributed by atoms with Crippen LogP contribution >= 0.6 is 0 Å². The first-order valence-electron chi connectivity index (χ1n) is 4.36. The first-order chi connectivity index (χ1) is 6.24. The van der Waals surface area contributed by atoms with E-state index in [1.165, 1.54) is 12.1 Å². The summed E-state index contributed by atoms with van der Waals surface area (Å²) in [5.41, 5.74) is 1.74. The zero-order chi connectivity index (χ0) is 10.3. The monoisotopic (exact) mass is 179 g/mol. The van der Waals surface area contributed by atoms with E-state index < -0.39 is 0 Å². The lowest BCUT2D eigenvalue weighted by Crippen LogP contribution is -1.87. The minimum Gasteiger partial charge on any atom is -0.207 e. The van der Waals surface area contributed by atoms with Gasteiger partial charge in [0, 0.05) is 0 Å². The van der Waals surface area contributed by atoms with Gasteiger partial charge in [0.25, 0.3) is 0 Å². The summed E-state index contributed by atoms with van der Waals surface area (Å²) in [6, 6.07) is 6.48. The molecule has 1 aromatic rings. The maximum atomic E-state index is 12.5. The molecule has 0 aliphatic rings. The molecule has 0 heterocycles. The molecule has 0 spiro atoms. The third-order valence-corrected chi connectivity index (χ3v) is 1.57. The van der Waals surface area contributed by atoms with Crippen LogP contribution in [0.3, 0.4) is 0 Å². The van der Waals surface area contributed by atoms with Crippen LogP contribution in [0.15, 0.2) is 18.2 Å². The molecule has 1 rings (SSSR count). The molecule has 70 valence electrons. The third-order valence-electron chi connectivity index (χ3n) is 1.57. The summed E-state index contributed by atoms with van der Waals surface area (Å²) < 4.78 is 12.5. The van der Waals surface area contributed by atoms with Gasteiger partial charge in [0.1, 0.15) is 5.82 Å². The van der Waals surface area contributed by atoms with Crippen molar-refractivity contribution in [1.82, 2.24) is 0 Å². The lowest BCUT2D eigenvalue weighted by Gasteiger charge is -1.99. The number of hydrogen-bond donors (Lipinski definition) is 0. The average molecular weight is 179 g/mol. The second kappa shape index (κ2) is 6.19. The van der Waals surface area contributed by atoms with Gasteiger partial charge in [0.2, 0.25) is 0 Å². The van der Waals surface area contributed by atoms with Crippen molar-refractivity contribution in [3.63, 3.8) is 0 Å². The molecular weight excluding hydrogens is 165 g/mol. The van der Waals surface area contributed by atoms with Crippen molar-refractivity contribution in [3.8, 4) is 6.07 Å². The fraction of sp³-hybridized carbons (Fsp3) is 0.364. The highest BCUT2D eigenvalue weighted by atomic mass is 19.1. The number of aryl methyl sites for hydroxylation is 1. The SMILES string of the molecule is CC.Cc1cc(F)ccc1CC#N. The van der Waals surface area contributed by atoms with Gasteiger partial charge in [-0.2, -0.15) is 5.26 Å². The average Bonchev–Trinajstić information content (AvgIpc) is 2.14. The molecule has 0 bridgehead atoms. The topological polar surface area (TPSA) is 23.8 Å². The Balaban J connectivity index is 0.000000671. The lowest BCUT2D eigenvalue weighted by molar-refractivity contribution is 0.626. The molecule has 1 nitrogen and oxygen atoms in total. The van der Waals surface area contributed by atoms with Crippen molar-refractivity contribution in [1.29, 1.82) is 5.26 Å². The third kappa shape index (κ3) is 3.71. The Hall–Kier alpha value is -1.36. The van der Waals surface area contributed by atoms with E-state index in [4.69, 9.17) is 5.26 Å². The largest absolute Gasteiger partial charge is 0.207 e. The number of nitriles is 1. The van der Waals surface area contributed by atoms with Crippen molar-refractivity contribution < 1.29 is 4.39 Å². The van der Waals surface area contributed by atoms with E-state index in [9.17, 15) is 4.39 Å². The number of hydrogen-bond acceptors (Lipinski definition) is 1. The van der Waals surface area contributed by atoms with Gasteiger partial charge in [-0.15, -0.1) is 0 Å². The summed E-state index contributed by atoms with van der Waals surface area (Å²) in [5, 5.41) is 8.37. The second-order valence-electron chi connectivity index (χ2n) is 2.41. The maximum Gasteiger partial charge on any atom is 0.123 e. The molecular formula is C11H14FN. The predicted molar refractivity (Wildman–Crippen MR) is 51.8 cm³/mol. The highest BCUT2D eigenvalue weighted by Gasteiger charge is 1.97. The van der Waals surface area contributed by atoms with Crippen molar-refractivity contribution in [2.45, 2.75) is 27.2 Å². The summed E-state index contributed by atoms with van der Waals surface area (Å²) in [5.74, 6) is -0.246. The number of nitrogens with zero attached hydrogens (tertiary/aromatic N) is 1. The van der Waals surface area contributed by atoms with Gasteiger partial charge in [0.05, 0.1) is 12.5 Å². The normalized spacial score (nSPS) is 8.23. The van der Waals surface area contributed by atoms with E-state index in [0.717, 1.165) is 11.1 Å². The zero-order valence-corrected chi connectivity index (χ0v) is 8.26. The Morgan fingerprint density at radius 3 is 2.46 bits per heavy atom. The minimum atomic E-state index is -0.246. The van der Waals surface area contributed by atoms with Crippen molar-refractivity contribution in [2.75, 3.05) is 0 Å². The van der Waals surface area contributed by atoms with E-state index in [1.807, 2.05) is 19.9 Å². The van der Waals surface area contributed by atoms with Crippen molar-refractivity contribution in [2.24, 2.45) is 0 Å². The van der Waals surface area contributed by atoms with Crippen LogP contribution in [-0.2, 0) is 6.42 Å². The van der Waals surface area contributed by atoms with Crippen LogP contribution in [-0.4, -0.2) is 0 Å². The fourth-order valence-corrected chi connectivity index (χ4v) is 0.943. The lowest BCUT2D eigenvalue weighted by atomic mass is 10.1. The molecule has 0 atom stereocenters. The Kier molecular flexibility index (Phi) is 5.54. The summed E-state index contributed by atoms with van der Waals surface area (Å²) >= 11 is 0. The summed E-state index contributed by atoms with van der Waals surface area (Å²) in [4.78, 5) is 0. The van der Waals surface area contributed by atoms with Gasteiger partial charge in [0.15, 0.2) is 0 Å². The second-order valence-corrected chi connectivity index (χ2v) is 2.41. The van der Waals surface area contributed by atoms with Crippen LogP contribution < -0.4 is 0 Å². The highest BCUT2D eigenvalue weighted by Crippen LogP contribution is 2.09. The highest BCUT2D eigenvalue weighted by molar-refractivity contribution is 5.28. The fourth-order valence-electron chi connectivity index (χ4n) is 0.943. The van der Waals surface area contributed by atoms with Gasteiger partial charge in [-0.25, -0.2) is 4.39 Å². The van der Waals surface area contributed by atoms with E-state index in [1.54, 1.807) is 13.0 Å². The molecule has 0 aliphatic carbocycles. The van der Waals surface area contributed by atoms with Gasteiger partial charge < -0.3 is 0 Å². The maximum absolute atomic E-state index is 12.5.